The van der Waals surface area contributed by atoms with Gasteiger partial charge in [-0.2, -0.15) is 0 Å². The molecule has 0 unspecified atom stereocenters. The Bertz CT molecular complexity index is 598. The third-order valence-electron chi connectivity index (χ3n) is 2.68. The van der Waals surface area contributed by atoms with E-state index in [9.17, 15) is 9.18 Å². The zero-order valence-electron chi connectivity index (χ0n) is 12.4. The lowest BCUT2D eigenvalue weighted by Gasteiger charge is -2.08. The number of hydrogen-bond donors (Lipinski definition) is 1. The topological polar surface area (TPSA) is 46.5 Å². The van der Waals surface area contributed by atoms with E-state index in [4.69, 9.17) is 9.84 Å². The van der Waals surface area contributed by atoms with Crippen molar-refractivity contribution in [1.29, 1.82) is 0 Å². The van der Waals surface area contributed by atoms with Gasteiger partial charge < -0.3 is 9.84 Å². The first-order valence-electron chi connectivity index (χ1n) is 6.52. The third-order valence-corrected chi connectivity index (χ3v) is 2.68. The zero-order valence-corrected chi connectivity index (χ0v) is 12.4. The maximum atomic E-state index is 13.0. The summed E-state index contributed by atoms with van der Waals surface area (Å²) in [5.74, 6) is -0.598. The maximum absolute atomic E-state index is 13.0. The molecule has 1 aromatic rings. The number of aliphatic carboxylic acids is 1. The maximum Gasteiger partial charge on any atom is 0.328 e. The quantitative estimate of drug-likeness (QED) is 0.635. The number of benzene rings is 1. The van der Waals surface area contributed by atoms with E-state index in [1.54, 1.807) is 32.1 Å². The number of carbonyl (C=O) groups is 1. The lowest BCUT2D eigenvalue weighted by Crippen LogP contribution is -2.00. The van der Waals surface area contributed by atoms with Crippen LogP contribution < -0.4 is 4.74 Å². The summed E-state index contributed by atoms with van der Waals surface area (Å²) in [5, 5.41) is 8.58. The van der Waals surface area contributed by atoms with Gasteiger partial charge in [-0.15, -0.1) is 0 Å². The minimum absolute atomic E-state index is 0.282. The molecule has 0 saturated heterocycles. The summed E-state index contributed by atoms with van der Waals surface area (Å²) in [6, 6.07) is 4.39. The van der Waals surface area contributed by atoms with Crippen molar-refractivity contribution in [3.05, 3.63) is 65.0 Å². The van der Waals surface area contributed by atoms with Crippen LogP contribution in [0.1, 0.15) is 19.4 Å². The van der Waals surface area contributed by atoms with Crippen LogP contribution in [0.5, 0.6) is 5.75 Å². The number of ether oxygens (including phenoxy) is 1. The molecule has 0 atom stereocenters. The number of rotatable bonds is 6. The van der Waals surface area contributed by atoms with Gasteiger partial charge in [-0.25, -0.2) is 9.18 Å². The van der Waals surface area contributed by atoms with Gasteiger partial charge in [0.25, 0.3) is 0 Å². The highest BCUT2D eigenvalue weighted by molar-refractivity contribution is 5.81. The molecule has 0 aliphatic rings. The molecule has 0 radical (unpaired) electrons. The second kappa shape index (κ2) is 8.04. The van der Waals surface area contributed by atoms with Gasteiger partial charge in [-0.05, 0) is 55.7 Å². The van der Waals surface area contributed by atoms with E-state index in [0.717, 1.165) is 17.2 Å². The molecule has 1 N–H and O–H groups in total. The number of allylic oxidation sites excluding steroid dienone is 4. The fraction of sp³-hybridized carbons (Fsp3) is 0.235. The Kier molecular flexibility index (Phi) is 6.40. The highest BCUT2D eigenvalue weighted by Gasteiger charge is 2.01. The molecule has 0 saturated carbocycles. The van der Waals surface area contributed by atoms with Crippen molar-refractivity contribution in [3.63, 3.8) is 0 Å². The van der Waals surface area contributed by atoms with Crippen LogP contribution in [-0.4, -0.2) is 17.7 Å². The number of hydrogen-bond acceptors (Lipinski definition) is 2. The number of halogens is 1. The number of aryl methyl sites for hydroxylation is 1. The fourth-order valence-corrected chi connectivity index (χ4v) is 1.62. The lowest BCUT2D eigenvalue weighted by molar-refractivity contribution is -0.131. The molecule has 0 fully saturated rings. The molecule has 3 nitrogen and oxygen atoms in total. The van der Waals surface area contributed by atoms with Crippen LogP contribution in [0.4, 0.5) is 4.39 Å². The highest BCUT2D eigenvalue weighted by Crippen LogP contribution is 2.18. The van der Waals surface area contributed by atoms with Gasteiger partial charge in [0.1, 0.15) is 18.2 Å². The van der Waals surface area contributed by atoms with Crippen molar-refractivity contribution >= 4 is 5.97 Å². The van der Waals surface area contributed by atoms with Crippen molar-refractivity contribution in [2.24, 2.45) is 0 Å². The monoisotopic (exact) mass is 290 g/mol. The Morgan fingerprint density at radius 3 is 2.71 bits per heavy atom. The lowest BCUT2D eigenvalue weighted by atomic mass is 10.2. The van der Waals surface area contributed by atoms with Gasteiger partial charge in [-0.3, -0.25) is 0 Å². The third kappa shape index (κ3) is 6.56. The molecular weight excluding hydrogens is 271 g/mol. The summed E-state index contributed by atoms with van der Waals surface area (Å²) in [4.78, 5) is 10.4. The van der Waals surface area contributed by atoms with Gasteiger partial charge in [0.2, 0.25) is 0 Å². The molecule has 0 bridgehead atoms. The molecule has 0 amide bonds. The minimum Gasteiger partial charge on any atom is -0.489 e. The average Bonchev–Trinajstić information content (AvgIpc) is 2.36. The van der Waals surface area contributed by atoms with E-state index < -0.39 is 5.97 Å². The van der Waals surface area contributed by atoms with Gasteiger partial charge in [0.05, 0.1) is 0 Å². The Hall–Kier alpha value is -2.36. The summed E-state index contributed by atoms with van der Waals surface area (Å²) in [6.45, 7) is 5.79. The smallest absolute Gasteiger partial charge is 0.328 e. The molecule has 0 aliphatic carbocycles. The Morgan fingerprint density at radius 2 is 2.10 bits per heavy atom. The van der Waals surface area contributed by atoms with Crippen LogP contribution in [0.15, 0.2) is 53.6 Å². The largest absolute Gasteiger partial charge is 0.489 e. The second-order valence-corrected chi connectivity index (χ2v) is 4.80. The number of carboxylic acids is 1. The Balaban J connectivity index is 2.57. The molecule has 0 spiro atoms. The second-order valence-electron chi connectivity index (χ2n) is 4.80. The van der Waals surface area contributed by atoms with Gasteiger partial charge in [0.15, 0.2) is 0 Å². The standard InChI is InChI=1S/C17H19FO3/c1-12(9-17(19)20)5-4-6-13(2)11-21-16-8-7-15(18)10-14(16)3/h4-10H,11H2,1-3H3,(H,19,20)/b5-4+,12-9+,13-6+. The Morgan fingerprint density at radius 1 is 1.38 bits per heavy atom. The fourth-order valence-electron chi connectivity index (χ4n) is 1.62. The average molecular weight is 290 g/mol. The van der Waals surface area contributed by atoms with Crippen LogP contribution in [-0.2, 0) is 4.79 Å². The molecule has 21 heavy (non-hydrogen) atoms. The van der Waals surface area contributed by atoms with Crippen LogP contribution in [0.3, 0.4) is 0 Å². The molecule has 4 heteroatoms. The highest BCUT2D eigenvalue weighted by atomic mass is 19.1. The normalized spacial score (nSPS) is 12.8. The first-order chi connectivity index (χ1) is 9.88. The molecule has 0 aliphatic heterocycles. The van der Waals surface area contributed by atoms with Gasteiger partial charge >= 0.3 is 5.97 Å². The van der Waals surface area contributed by atoms with E-state index in [0.29, 0.717) is 17.9 Å². The Labute approximate surface area is 124 Å². The summed E-state index contributed by atoms with van der Waals surface area (Å²) < 4.78 is 18.6. The summed E-state index contributed by atoms with van der Waals surface area (Å²) in [5.41, 5.74) is 2.37. The summed E-state index contributed by atoms with van der Waals surface area (Å²) in [7, 11) is 0. The first-order valence-corrected chi connectivity index (χ1v) is 6.52. The molecule has 0 aromatic heterocycles. The van der Waals surface area contributed by atoms with E-state index in [-0.39, 0.29) is 5.82 Å². The molecule has 1 aromatic carbocycles. The van der Waals surface area contributed by atoms with Crippen molar-refractivity contribution in [3.8, 4) is 5.75 Å². The van der Waals surface area contributed by atoms with Crippen molar-refractivity contribution in [1.82, 2.24) is 0 Å². The summed E-state index contributed by atoms with van der Waals surface area (Å²) in [6.07, 6.45) is 6.46. The van der Waals surface area contributed by atoms with E-state index >= 15 is 0 Å². The van der Waals surface area contributed by atoms with Gasteiger partial charge in [0, 0.05) is 6.08 Å². The minimum atomic E-state index is -0.965. The van der Waals surface area contributed by atoms with Gasteiger partial charge in [-0.1, -0.05) is 18.2 Å². The molecule has 0 heterocycles. The zero-order chi connectivity index (χ0) is 15.8. The van der Waals surface area contributed by atoms with Crippen molar-refractivity contribution in [2.75, 3.05) is 6.61 Å². The predicted octanol–water partition coefficient (Wildman–Crippen LogP) is 4.05. The van der Waals surface area contributed by atoms with Crippen LogP contribution in [0.25, 0.3) is 0 Å². The van der Waals surface area contributed by atoms with Crippen LogP contribution in [0, 0.1) is 12.7 Å². The van der Waals surface area contributed by atoms with E-state index in [1.807, 2.05) is 13.0 Å². The van der Waals surface area contributed by atoms with E-state index in [1.165, 1.54) is 12.1 Å². The molecule has 1 rings (SSSR count). The van der Waals surface area contributed by atoms with Crippen molar-refractivity contribution in [2.45, 2.75) is 20.8 Å². The van der Waals surface area contributed by atoms with E-state index in [2.05, 4.69) is 0 Å². The van der Waals surface area contributed by atoms with Crippen molar-refractivity contribution < 1.29 is 19.0 Å². The summed E-state index contributed by atoms with van der Waals surface area (Å²) >= 11 is 0. The predicted molar refractivity (Wildman–Crippen MR) is 80.9 cm³/mol. The SMILES string of the molecule is CC(/C=C/C=C(\C)COc1ccc(F)cc1C)=C\C(=O)O. The van der Waals surface area contributed by atoms with Crippen LogP contribution in [0.2, 0.25) is 0 Å². The molecular formula is C17H19FO3. The number of carboxylic acid groups (broad SMARTS) is 1. The first kappa shape index (κ1) is 16.7. The molecule has 112 valence electrons. The van der Waals surface area contributed by atoms with Crippen LogP contribution >= 0.6 is 0 Å².